The molecule has 0 fully saturated rings. The highest BCUT2D eigenvalue weighted by Gasteiger charge is 2.42. The molecule has 0 aliphatic rings. The average molecular weight is 508 g/mol. The van der Waals surface area contributed by atoms with Crippen LogP contribution in [0.15, 0.2) is 28.7 Å². The van der Waals surface area contributed by atoms with Gasteiger partial charge in [0.25, 0.3) is 0 Å². The number of esters is 1. The number of unbranched alkanes of at least 4 members (excludes halogenated alkanes) is 2. The van der Waals surface area contributed by atoms with Crippen molar-refractivity contribution in [1.82, 2.24) is 5.32 Å². The molecular formula is C19H27BrNO6PS. The van der Waals surface area contributed by atoms with E-state index in [1.165, 1.54) is 0 Å². The third-order valence-electron chi connectivity index (χ3n) is 3.82. The van der Waals surface area contributed by atoms with Crippen molar-refractivity contribution in [1.29, 1.82) is 0 Å². The molecule has 0 bridgehead atoms. The topological polar surface area (TPSA) is 90.9 Å². The fourth-order valence-electron chi connectivity index (χ4n) is 2.15. The van der Waals surface area contributed by atoms with Crippen LogP contribution < -0.4 is 5.32 Å². The zero-order valence-electron chi connectivity index (χ0n) is 16.6. The SMILES string of the molecule is CCCCOP(=O)(OCCCC)C(NC=S)C(=O)OCC(=O)c1ccc(Br)cc1. The van der Waals surface area contributed by atoms with Crippen LogP contribution in [0.25, 0.3) is 0 Å². The molecule has 1 N–H and O–H groups in total. The Kier molecular flexibility index (Phi) is 12.5. The Morgan fingerprint density at radius 1 is 1.14 bits per heavy atom. The van der Waals surface area contributed by atoms with Crippen LogP contribution in [0.4, 0.5) is 0 Å². The van der Waals surface area contributed by atoms with Gasteiger partial charge in [-0.3, -0.25) is 9.36 Å². The molecule has 1 unspecified atom stereocenters. The van der Waals surface area contributed by atoms with Gasteiger partial charge in [-0.2, -0.15) is 0 Å². The number of benzene rings is 1. The van der Waals surface area contributed by atoms with Crippen molar-refractivity contribution in [2.24, 2.45) is 0 Å². The summed E-state index contributed by atoms with van der Waals surface area (Å²) in [5.74, 6) is -2.75. The minimum atomic E-state index is -3.90. The summed E-state index contributed by atoms with van der Waals surface area (Å²) in [7, 11) is -3.90. The zero-order chi connectivity index (χ0) is 21.7. The predicted octanol–water partition coefficient (Wildman–Crippen LogP) is 4.87. The second kappa shape index (κ2) is 14.0. The molecule has 29 heavy (non-hydrogen) atoms. The van der Waals surface area contributed by atoms with E-state index in [0.717, 1.165) is 22.8 Å². The van der Waals surface area contributed by atoms with Gasteiger partial charge in [0.2, 0.25) is 5.78 Å². The van der Waals surface area contributed by atoms with Crippen LogP contribution in [-0.4, -0.2) is 42.8 Å². The molecule has 0 amide bonds. The second-order valence-corrected chi connectivity index (χ2v) is 9.40. The highest BCUT2D eigenvalue weighted by Crippen LogP contribution is 2.52. The summed E-state index contributed by atoms with van der Waals surface area (Å²) >= 11 is 8.05. The number of nitrogens with one attached hydrogen (secondary N) is 1. The summed E-state index contributed by atoms with van der Waals surface area (Å²) < 4.78 is 30.1. The van der Waals surface area contributed by atoms with Crippen molar-refractivity contribution in [3.8, 4) is 0 Å². The molecule has 0 radical (unpaired) electrons. The summed E-state index contributed by atoms with van der Waals surface area (Å²) in [5, 5.41) is 2.53. The van der Waals surface area contributed by atoms with Crippen LogP contribution in [0.1, 0.15) is 49.9 Å². The van der Waals surface area contributed by atoms with Crippen LogP contribution in [0, 0.1) is 0 Å². The summed E-state index contributed by atoms with van der Waals surface area (Å²) in [5.41, 5.74) is 1.45. The first kappa shape index (κ1) is 25.9. The molecule has 0 saturated heterocycles. The van der Waals surface area contributed by atoms with Gasteiger partial charge in [0.15, 0.2) is 12.4 Å². The standard InChI is InChI=1S/C19H27BrNO6PS/c1-3-5-11-26-28(24,27-12-6-4-2)18(21-14-29)19(23)25-13-17(22)15-7-9-16(20)10-8-15/h7-10,14,18H,3-6,11-13H2,1-2H3,(H,21,29). The van der Waals surface area contributed by atoms with Gasteiger partial charge in [0.05, 0.1) is 18.7 Å². The maximum Gasteiger partial charge on any atom is 0.364 e. The lowest BCUT2D eigenvalue weighted by atomic mass is 10.1. The number of rotatable bonds is 15. The van der Waals surface area contributed by atoms with Crippen LogP contribution in [0.2, 0.25) is 0 Å². The highest BCUT2D eigenvalue weighted by molar-refractivity contribution is 9.10. The molecule has 0 aromatic heterocycles. The Labute approximate surface area is 185 Å². The van der Waals surface area contributed by atoms with Crippen molar-refractivity contribution in [2.75, 3.05) is 19.8 Å². The average Bonchev–Trinajstić information content (AvgIpc) is 2.71. The molecule has 1 aromatic carbocycles. The van der Waals surface area contributed by atoms with Crippen molar-refractivity contribution >= 4 is 53.0 Å². The first-order valence-electron chi connectivity index (χ1n) is 9.41. The van der Waals surface area contributed by atoms with E-state index in [2.05, 4.69) is 21.2 Å². The van der Waals surface area contributed by atoms with Crippen molar-refractivity contribution in [3.63, 3.8) is 0 Å². The Hall–Kier alpha value is -1.12. The molecule has 1 rings (SSSR count). The molecular weight excluding hydrogens is 481 g/mol. The molecule has 0 saturated carbocycles. The largest absolute Gasteiger partial charge is 0.455 e. The summed E-state index contributed by atoms with van der Waals surface area (Å²) in [6.45, 7) is 3.75. The Balaban J connectivity index is 2.86. The minimum Gasteiger partial charge on any atom is -0.455 e. The molecule has 1 atom stereocenters. The van der Waals surface area contributed by atoms with Gasteiger partial charge < -0.3 is 19.1 Å². The van der Waals surface area contributed by atoms with E-state index < -0.39 is 26.0 Å². The summed E-state index contributed by atoms with van der Waals surface area (Å²) in [6.07, 6.45) is 2.96. The molecule has 162 valence electrons. The lowest BCUT2D eigenvalue weighted by Gasteiger charge is -2.25. The number of ether oxygens (including phenoxy) is 1. The van der Waals surface area contributed by atoms with Crippen LogP contribution in [-0.2, 0) is 23.1 Å². The van der Waals surface area contributed by atoms with Gasteiger partial charge in [0.1, 0.15) is 0 Å². The number of hydrogen-bond donors (Lipinski definition) is 1. The third-order valence-corrected chi connectivity index (χ3v) is 6.56. The number of carbonyl (C=O) groups excluding carboxylic acids is 2. The number of thiocarbonyl (C=S) groups is 1. The van der Waals surface area contributed by atoms with E-state index in [-0.39, 0.29) is 19.0 Å². The van der Waals surface area contributed by atoms with E-state index in [0.29, 0.717) is 18.4 Å². The zero-order valence-corrected chi connectivity index (χ0v) is 19.9. The van der Waals surface area contributed by atoms with Crippen molar-refractivity contribution in [2.45, 2.75) is 45.3 Å². The maximum atomic E-state index is 13.3. The molecule has 1 aromatic rings. The molecule has 0 heterocycles. The quantitative estimate of drug-likeness (QED) is 0.118. The van der Waals surface area contributed by atoms with Crippen molar-refractivity contribution in [3.05, 3.63) is 34.3 Å². The first-order chi connectivity index (χ1) is 13.9. The number of ketones is 1. The lowest BCUT2D eigenvalue weighted by molar-refractivity contribution is -0.142. The van der Waals surface area contributed by atoms with E-state index in [1.54, 1.807) is 24.3 Å². The number of Topliss-reactive ketones (excluding diaryl/α,β-unsaturated/α-hetero) is 1. The number of carbonyl (C=O) groups is 2. The molecule has 10 heteroatoms. The van der Waals surface area contributed by atoms with Gasteiger partial charge in [0, 0.05) is 10.0 Å². The summed E-state index contributed by atoms with van der Waals surface area (Å²) in [6, 6.07) is 6.64. The van der Waals surface area contributed by atoms with Crippen LogP contribution >= 0.6 is 35.7 Å². The molecule has 7 nitrogen and oxygen atoms in total. The van der Waals surface area contributed by atoms with Gasteiger partial charge in [-0.15, -0.1) is 0 Å². The smallest absolute Gasteiger partial charge is 0.364 e. The Morgan fingerprint density at radius 2 is 1.69 bits per heavy atom. The molecule has 0 aliphatic heterocycles. The van der Waals surface area contributed by atoms with Gasteiger partial charge in [-0.1, -0.05) is 67.0 Å². The van der Waals surface area contributed by atoms with Gasteiger partial charge >= 0.3 is 13.6 Å². The van der Waals surface area contributed by atoms with E-state index in [9.17, 15) is 14.2 Å². The van der Waals surface area contributed by atoms with Crippen molar-refractivity contribution < 1.29 is 27.9 Å². The monoisotopic (exact) mass is 507 g/mol. The number of halogens is 1. The predicted molar refractivity (Wildman–Crippen MR) is 119 cm³/mol. The number of hydrogen-bond acceptors (Lipinski definition) is 7. The molecule has 0 aliphatic carbocycles. The van der Waals surface area contributed by atoms with E-state index >= 15 is 0 Å². The minimum absolute atomic E-state index is 0.167. The third kappa shape index (κ3) is 9.05. The Morgan fingerprint density at radius 3 is 2.17 bits per heavy atom. The first-order valence-corrected chi connectivity index (χ1v) is 12.3. The molecule has 0 spiro atoms. The highest BCUT2D eigenvalue weighted by atomic mass is 79.9. The van der Waals surface area contributed by atoms with E-state index in [1.807, 2.05) is 13.8 Å². The van der Waals surface area contributed by atoms with Crippen LogP contribution in [0.5, 0.6) is 0 Å². The van der Waals surface area contributed by atoms with E-state index in [4.69, 9.17) is 26.0 Å². The van der Waals surface area contributed by atoms with Gasteiger partial charge in [-0.25, -0.2) is 4.79 Å². The summed E-state index contributed by atoms with van der Waals surface area (Å²) in [4.78, 5) is 24.8. The Bertz CT molecular complexity index is 701. The lowest BCUT2D eigenvalue weighted by Crippen LogP contribution is -2.39. The maximum absolute atomic E-state index is 13.3. The fraction of sp³-hybridized carbons (Fsp3) is 0.526. The van der Waals surface area contributed by atoms with Crippen LogP contribution in [0.3, 0.4) is 0 Å². The second-order valence-electron chi connectivity index (χ2n) is 6.14. The normalized spacial score (nSPS) is 12.2. The van der Waals surface area contributed by atoms with Gasteiger partial charge in [-0.05, 0) is 25.0 Å². The fourth-order valence-corrected chi connectivity index (χ4v) is 4.38.